The fourth-order valence-electron chi connectivity index (χ4n) is 1.82. The van der Waals surface area contributed by atoms with Crippen molar-refractivity contribution in [3.63, 3.8) is 0 Å². The predicted molar refractivity (Wildman–Crippen MR) is 73.6 cm³/mol. The topological polar surface area (TPSA) is 38.3 Å². The van der Waals surface area contributed by atoms with Gasteiger partial charge in [-0.05, 0) is 12.0 Å². The van der Waals surface area contributed by atoms with E-state index in [1.807, 2.05) is 37.3 Å². The number of ether oxygens (including phenoxy) is 1. The summed E-state index contributed by atoms with van der Waals surface area (Å²) in [4.78, 5) is 12.0. The number of rotatable bonds is 7. The van der Waals surface area contributed by atoms with Crippen LogP contribution in [0.4, 0.5) is 0 Å². The van der Waals surface area contributed by atoms with E-state index < -0.39 is 0 Å². The van der Waals surface area contributed by atoms with Gasteiger partial charge in [0.15, 0.2) is 0 Å². The Bertz CT molecular complexity index is 349. The smallest absolute Gasteiger partial charge is 0.313 e. The van der Waals surface area contributed by atoms with Crippen LogP contribution in [-0.2, 0) is 9.53 Å². The first-order valence-electron chi connectivity index (χ1n) is 6.60. The van der Waals surface area contributed by atoms with E-state index in [0.29, 0.717) is 19.2 Å². The Balaban J connectivity index is 2.43. The molecule has 0 bridgehead atoms. The maximum atomic E-state index is 12.0. The van der Waals surface area contributed by atoms with Crippen LogP contribution in [0.1, 0.15) is 38.7 Å². The first kappa shape index (κ1) is 14.7. The first-order valence-corrected chi connectivity index (χ1v) is 6.60. The van der Waals surface area contributed by atoms with E-state index in [4.69, 9.17) is 4.74 Å². The van der Waals surface area contributed by atoms with E-state index in [1.165, 1.54) is 0 Å². The van der Waals surface area contributed by atoms with E-state index in [-0.39, 0.29) is 11.9 Å². The monoisotopic (exact) mass is 249 g/mol. The number of carbonyl (C=O) groups is 1. The van der Waals surface area contributed by atoms with E-state index in [2.05, 4.69) is 19.2 Å². The molecule has 0 fully saturated rings. The molecule has 0 aromatic heterocycles. The van der Waals surface area contributed by atoms with Crippen molar-refractivity contribution in [1.82, 2.24) is 5.32 Å². The van der Waals surface area contributed by atoms with Crippen LogP contribution >= 0.6 is 0 Å². The van der Waals surface area contributed by atoms with Gasteiger partial charge < -0.3 is 10.1 Å². The average Bonchev–Trinajstić information content (AvgIpc) is 2.36. The Kier molecular flexibility index (Phi) is 6.44. The normalized spacial score (nSPS) is 12.4. The summed E-state index contributed by atoms with van der Waals surface area (Å²) >= 11 is 0. The second-order valence-electron chi connectivity index (χ2n) is 4.65. The van der Waals surface area contributed by atoms with Crippen LogP contribution in [0.25, 0.3) is 0 Å². The highest BCUT2D eigenvalue weighted by molar-refractivity contribution is 5.78. The number of carbonyl (C=O) groups excluding carboxylic acids is 1. The molecule has 0 heterocycles. The Hall–Kier alpha value is -1.35. The van der Waals surface area contributed by atoms with Gasteiger partial charge in [-0.3, -0.25) is 4.79 Å². The summed E-state index contributed by atoms with van der Waals surface area (Å²) in [6.45, 7) is 7.28. The minimum Gasteiger partial charge on any atom is -0.464 e. The molecule has 0 unspecified atom stereocenters. The summed E-state index contributed by atoms with van der Waals surface area (Å²) in [5.74, 6) is -0.278. The fraction of sp³-hybridized carbons (Fsp3) is 0.533. The van der Waals surface area contributed by atoms with Gasteiger partial charge in [-0.15, -0.1) is 0 Å². The summed E-state index contributed by atoms with van der Waals surface area (Å²) in [5.41, 5.74) is 1.03. The third-order valence-electron chi connectivity index (χ3n) is 2.79. The van der Waals surface area contributed by atoms with Gasteiger partial charge in [0.2, 0.25) is 0 Å². The highest BCUT2D eigenvalue weighted by atomic mass is 16.5. The molecule has 3 heteroatoms. The molecule has 0 aliphatic rings. The Morgan fingerprint density at radius 3 is 2.50 bits per heavy atom. The molecule has 0 amide bonds. The van der Waals surface area contributed by atoms with Crippen LogP contribution in [0.3, 0.4) is 0 Å². The number of hydrogen-bond donors (Lipinski definition) is 1. The lowest BCUT2D eigenvalue weighted by atomic mass is 9.97. The number of hydrogen-bond acceptors (Lipinski definition) is 3. The lowest BCUT2D eigenvalue weighted by Crippen LogP contribution is -2.28. The summed E-state index contributed by atoms with van der Waals surface area (Å²) in [5, 5.41) is 3.22. The predicted octanol–water partition coefficient (Wildman–Crippen LogP) is 2.72. The van der Waals surface area contributed by atoms with Crippen molar-refractivity contribution in [3.05, 3.63) is 35.9 Å². The largest absolute Gasteiger partial charge is 0.464 e. The zero-order valence-corrected chi connectivity index (χ0v) is 11.5. The summed E-state index contributed by atoms with van der Waals surface area (Å²) in [6.07, 6.45) is 0.764. The fourth-order valence-corrected chi connectivity index (χ4v) is 1.82. The summed E-state index contributed by atoms with van der Waals surface area (Å²) < 4.78 is 5.30. The molecular weight excluding hydrogens is 226 g/mol. The standard InChI is InChI=1S/C15H23NO2/c1-4-14(13-8-6-5-7-9-13)15(17)18-11-10-16-12(2)3/h5-9,12,14,16H,4,10-11H2,1-3H3/t14-/m0/s1. The molecule has 1 rings (SSSR count). The van der Waals surface area contributed by atoms with Gasteiger partial charge >= 0.3 is 5.97 Å². The highest BCUT2D eigenvalue weighted by Gasteiger charge is 2.19. The third kappa shape index (κ3) is 4.88. The molecule has 1 aromatic rings. The van der Waals surface area contributed by atoms with Gasteiger partial charge in [-0.25, -0.2) is 0 Å². The van der Waals surface area contributed by atoms with Crippen molar-refractivity contribution < 1.29 is 9.53 Å². The SMILES string of the molecule is CC[C@H](C(=O)OCCNC(C)C)c1ccccc1. The average molecular weight is 249 g/mol. The molecule has 0 radical (unpaired) electrons. The number of benzene rings is 1. The first-order chi connectivity index (χ1) is 8.65. The van der Waals surface area contributed by atoms with Crippen LogP contribution < -0.4 is 5.32 Å². The zero-order valence-electron chi connectivity index (χ0n) is 11.5. The minimum absolute atomic E-state index is 0.130. The molecule has 3 nitrogen and oxygen atoms in total. The molecule has 0 aliphatic heterocycles. The number of nitrogens with one attached hydrogen (secondary N) is 1. The maximum Gasteiger partial charge on any atom is 0.313 e. The molecule has 0 aliphatic carbocycles. The van der Waals surface area contributed by atoms with Crippen LogP contribution in [0.15, 0.2) is 30.3 Å². The Morgan fingerprint density at radius 2 is 1.94 bits per heavy atom. The summed E-state index contributed by atoms with van der Waals surface area (Å²) in [7, 11) is 0. The van der Waals surface area contributed by atoms with E-state index >= 15 is 0 Å². The molecule has 100 valence electrons. The molecule has 1 aromatic carbocycles. The van der Waals surface area contributed by atoms with Gasteiger partial charge in [0.05, 0.1) is 5.92 Å². The molecule has 0 spiro atoms. The van der Waals surface area contributed by atoms with Crippen molar-refractivity contribution >= 4 is 5.97 Å². The van der Waals surface area contributed by atoms with Crippen molar-refractivity contribution in [2.75, 3.05) is 13.2 Å². The molecule has 1 N–H and O–H groups in total. The maximum absolute atomic E-state index is 12.0. The summed E-state index contributed by atoms with van der Waals surface area (Å²) in [6, 6.07) is 10.2. The lowest BCUT2D eigenvalue weighted by molar-refractivity contribution is -0.145. The second-order valence-corrected chi connectivity index (χ2v) is 4.65. The highest BCUT2D eigenvalue weighted by Crippen LogP contribution is 2.20. The van der Waals surface area contributed by atoms with E-state index in [1.54, 1.807) is 0 Å². The quantitative estimate of drug-likeness (QED) is 0.596. The molecule has 0 saturated carbocycles. The third-order valence-corrected chi connectivity index (χ3v) is 2.79. The molecule has 1 atom stereocenters. The van der Waals surface area contributed by atoms with Crippen molar-refractivity contribution in [1.29, 1.82) is 0 Å². The zero-order chi connectivity index (χ0) is 13.4. The van der Waals surface area contributed by atoms with Crippen LogP contribution in [0.2, 0.25) is 0 Å². The molecular formula is C15H23NO2. The molecule has 0 saturated heterocycles. The van der Waals surface area contributed by atoms with Crippen molar-refractivity contribution in [3.8, 4) is 0 Å². The van der Waals surface area contributed by atoms with E-state index in [0.717, 1.165) is 12.0 Å². The van der Waals surface area contributed by atoms with Gasteiger partial charge in [0, 0.05) is 12.6 Å². The van der Waals surface area contributed by atoms with Crippen molar-refractivity contribution in [2.45, 2.75) is 39.2 Å². The van der Waals surface area contributed by atoms with Crippen molar-refractivity contribution in [2.24, 2.45) is 0 Å². The van der Waals surface area contributed by atoms with Crippen LogP contribution in [0.5, 0.6) is 0 Å². The van der Waals surface area contributed by atoms with Gasteiger partial charge in [0.1, 0.15) is 6.61 Å². The Morgan fingerprint density at radius 1 is 1.28 bits per heavy atom. The van der Waals surface area contributed by atoms with Crippen LogP contribution in [0, 0.1) is 0 Å². The Labute approximate surface area is 110 Å². The van der Waals surface area contributed by atoms with E-state index in [9.17, 15) is 4.79 Å². The molecule has 18 heavy (non-hydrogen) atoms. The number of esters is 1. The minimum atomic E-state index is -0.148. The van der Waals surface area contributed by atoms with Gasteiger partial charge in [0.25, 0.3) is 0 Å². The van der Waals surface area contributed by atoms with Crippen LogP contribution in [-0.4, -0.2) is 25.2 Å². The van der Waals surface area contributed by atoms with Gasteiger partial charge in [-0.1, -0.05) is 51.1 Å². The lowest BCUT2D eigenvalue weighted by Gasteiger charge is -2.15. The van der Waals surface area contributed by atoms with Gasteiger partial charge in [-0.2, -0.15) is 0 Å². The second kappa shape index (κ2) is 7.88.